The lowest BCUT2D eigenvalue weighted by Gasteiger charge is -2.02. The molecule has 0 bridgehead atoms. The van der Waals surface area contributed by atoms with Crippen LogP contribution in [0.3, 0.4) is 0 Å². The van der Waals surface area contributed by atoms with E-state index in [1.165, 1.54) is 42.6 Å². The number of nitrogens with one attached hydrogen (secondary N) is 1. The molecule has 1 N–H and O–H groups in total. The lowest BCUT2D eigenvalue weighted by Crippen LogP contribution is -2.18. The smallest absolute Gasteiger partial charge is 0.282 e. The fourth-order valence-electron chi connectivity index (χ4n) is 2.60. The van der Waals surface area contributed by atoms with Crippen LogP contribution < -0.4 is 5.43 Å². The number of carbonyl (C=O) groups excluding carboxylic acids is 1. The molecule has 1 heterocycles. The van der Waals surface area contributed by atoms with E-state index in [9.17, 15) is 25.0 Å². The topological polar surface area (TPSA) is 141 Å². The van der Waals surface area contributed by atoms with Crippen LogP contribution in [0.15, 0.2) is 64.1 Å². The van der Waals surface area contributed by atoms with Crippen LogP contribution in [0.4, 0.5) is 11.4 Å². The number of benzene rings is 2. The molecule has 10 heteroatoms. The molecule has 1 amide bonds. The summed E-state index contributed by atoms with van der Waals surface area (Å²) < 4.78 is 5.60. The maximum Gasteiger partial charge on any atom is 0.282 e. The minimum Gasteiger partial charge on any atom is -0.455 e. The molecule has 0 saturated heterocycles. The number of nitro groups is 2. The summed E-state index contributed by atoms with van der Waals surface area (Å²) in [5.74, 6) is -0.0544. The van der Waals surface area contributed by atoms with Gasteiger partial charge in [0.05, 0.1) is 16.1 Å². The normalized spacial score (nSPS) is 10.8. The number of amides is 1. The van der Waals surface area contributed by atoms with Gasteiger partial charge in [-0.15, -0.1) is 0 Å². The van der Waals surface area contributed by atoms with Crippen LogP contribution >= 0.6 is 0 Å². The molecule has 146 valence electrons. The first-order chi connectivity index (χ1) is 13.9. The Morgan fingerprint density at radius 1 is 1.07 bits per heavy atom. The highest BCUT2D eigenvalue weighted by atomic mass is 16.6. The molecule has 0 aliphatic rings. The number of carbonyl (C=O) groups is 1. The number of hydrazone groups is 1. The zero-order valence-electron chi connectivity index (χ0n) is 15.1. The Bertz CT molecular complexity index is 1140. The Balaban J connectivity index is 1.75. The molecule has 0 aliphatic carbocycles. The third kappa shape index (κ3) is 4.33. The van der Waals surface area contributed by atoms with Gasteiger partial charge in [-0.2, -0.15) is 5.10 Å². The van der Waals surface area contributed by atoms with Crippen LogP contribution in [0, 0.1) is 27.2 Å². The van der Waals surface area contributed by atoms with Crippen LogP contribution in [-0.4, -0.2) is 22.0 Å². The molecule has 0 atom stereocenters. The van der Waals surface area contributed by atoms with Crippen molar-refractivity contribution >= 4 is 23.5 Å². The van der Waals surface area contributed by atoms with Gasteiger partial charge in [0.2, 0.25) is 0 Å². The number of non-ortho nitro benzene ring substituents is 1. The molecule has 0 spiro atoms. The summed E-state index contributed by atoms with van der Waals surface area (Å²) in [5.41, 5.74) is 3.04. The van der Waals surface area contributed by atoms with Crippen molar-refractivity contribution in [3.63, 3.8) is 0 Å². The van der Waals surface area contributed by atoms with Crippen LogP contribution in [0.25, 0.3) is 11.3 Å². The SMILES string of the molecule is Cc1ccc([N+](=O)[O-])cc1-c1ccc(/C=N\NC(=O)c2ccccc2[N+](=O)[O-])o1. The Morgan fingerprint density at radius 3 is 2.55 bits per heavy atom. The largest absolute Gasteiger partial charge is 0.455 e. The zero-order valence-corrected chi connectivity index (χ0v) is 15.1. The fraction of sp³-hybridized carbons (Fsp3) is 0.0526. The summed E-state index contributed by atoms with van der Waals surface area (Å²) in [6, 6.07) is 13.1. The Morgan fingerprint density at radius 2 is 1.83 bits per heavy atom. The third-order valence-corrected chi connectivity index (χ3v) is 4.03. The molecular formula is C19H14N4O6. The first-order valence-corrected chi connectivity index (χ1v) is 8.29. The number of rotatable bonds is 6. The standard InChI is InChI=1S/C19H14N4O6/c1-12-6-7-13(22(25)26)10-16(12)18-9-8-14(29-18)11-20-21-19(24)15-4-2-3-5-17(15)23(27)28/h2-11H,1H3,(H,21,24)/b20-11-. The van der Waals surface area contributed by atoms with Gasteiger partial charge in [-0.05, 0) is 30.7 Å². The average molecular weight is 394 g/mol. The maximum atomic E-state index is 12.1. The number of aryl methyl sites for hydroxylation is 1. The first kappa shape index (κ1) is 19.4. The molecule has 3 aromatic rings. The van der Waals surface area contributed by atoms with Crippen molar-refractivity contribution in [3.05, 3.63) is 91.7 Å². The molecule has 0 unspecified atom stereocenters. The highest BCUT2D eigenvalue weighted by molar-refractivity contribution is 5.98. The predicted octanol–water partition coefficient (Wildman–Crippen LogP) is 3.84. The van der Waals surface area contributed by atoms with E-state index in [0.29, 0.717) is 11.3 Å². The average Bonchev–Trinajstić information content (AvgIpc) is 3.16. The van der Waals surface area contributed by atoms with Gasteiger partial charge in [0.1, 0.15) is 17.1 Å². The monoisotopic (exact) mass is 394 g/mol. The lowest BCUT2D eigenvalue weighted by molar-refractivity contribution is -0.385. The quantitative estimate of drug-likeness (QED) is 0.382. The van der Waals surface area contributed by atoms with Gasteiger partial charge in [0.15, 0.2) is 0 Å². The van der Waals surface area contributed by atoms with Crippen molar-refractivity contribution < 1.29 is 19.1 Å². The summed E-state index contributed by atoms with van der Waals surface area (Å²) in [4.78, 5) is 32.9. The molecule has 0 aliphatic heterocycles. The van der Waals surface area contributed by atoms with Crippen LogP contribution in [0.5, 0.6) is 0 Å². The number of furan rings is 1. The van der Waals surface area contributed by atoms with Gasteiger partial charge < -0.3 is 4.42 Å². The lowest BCUT2D eigenvalue weighted by atomic mass is 10.1. The molecular weight excluding hydrogens is 380 g/mol. The van der Waals surface area contributed by atoms with E-state index in [1.54, 1.807) is 25.1 Å². The number of nitrogens with zero attached hydrogens (tertiary/aromatic N) is 3. The molecule has 0 fully saturated rings. The summed E-state index contributed by atoms with van der Waals surface area (Å²) in [5, 5.41) is 25.7. The number of nitro benzene ring substituents is 2. The van der Waals surface area contributed by atoms with Crippen molar-refractivity contribution in [3.8, 4) is 11.3 Å². The van der Waals surface area contributed by atoms with Gasteiger partial charge in [0.25, 0.3) is 17.3 Å². The van der Waals surface area contributed by atoms with E-state index in [2.05, 4.69) is 10.5 Å². The minimum atomic E-state index is -0.741. The molecule has 3 rings (SSSR count). The molecule has 29 heavy (non-hydrogen) atoms. The van der Waals surface area contributed by atoms with E-state index in [-0.39, 0.29) is 22.7 Å². The van der Waals surface area contributed by atoms with Gasteiger partial charge in [-0.1, -0.05) is 18.2 Å². The first-order valence-electron chi connectivity index (χ1n) is 8.29. The van der Waals surface area contributed by atoms with Gasteiger partial charge >= 0.3 is 0 Å². The predicted molar refractivity (Wildman–Crippen MR) is 104 cm³/mol. The van der Waals surface area contributed by atoms with Crippen LogP contribution in [0.2, 0.25) is 0 Å². The summed E-state index contributed by atoms with van der Waals surface area (Å²) in [6.45, 7) is 1.79. The van der Waals surface area contributed by atoms with Crippen LogP contribution in [0.1, 0.15) is 21.7 Å². The van der Waals surface area contributed by atoms with Crippen molar-refractivity contribution in [2.24, 2.45) is 5.10 Å². The highest BCUT2D eigenvalue weighted by Gasteiger charge is 2.18. The molecule has 2 aromatic carbocycles. The highest BCUT2D eigenvalue weighted by Crippen LogP contribution is 2.28. The van der Waals surface area contributed by atoms with Crippen molar-refractivity contribution in [2.75, 3.05) is 0 Å². The maximum absolute atomic E-state index is 12.1. The van der Waals surface area contributed by atoms with Crippen LogP contribution in [-0.2, 0) is 0 Å². The van der Waals surface area contributed by atoms with E-state index in [0.717, 1.165) is 5.56 Å². The Kier molecular flexibility index (Phi) is 5.44. The fourth-order valence-corrected chi connectivity index (χ4v) is 2.60. The van der Waals surface area contributed by atoms with E-state index in [4.69, 9.17) is 4.42 Å². The Hall–Kier alpha value is -4.34. The number of hydrogen-bond acceptors (Lipinski definition) is 7. The van der Waals surface area contributed by atoms with Crippen molar-refractivity contribution in [1.82, 2.24) is 5.43 Å². The van der Waals surface area contributed by atoms with Gasteiger partial charge in [-0.25, -0.2) is 5.43 Å². The van der Waals surface area contributed by atoms with E-state index >= 15 is 0 Å². The summed E-state index contributed by atoms with van der Waals surface area (Å²) >= 11 is 0. The molecule has 0 radical (unpaired) electrons. The zero-order chi connectivity index (χ0) is 21.0. The second-order valence-corrected chi connectivity index (χ2v) is 5.93. The second-order valence-electron chi connectivity index (χ2n) is 5.93. The molecule has 0 saturated carbocycles. The number of hydrogen-bond donors (Lipinski definition) is 1. The van der Waals surface area contributed by atoms with Gasteiger partial charge in [0, 0.05) is 23.8 Å². The summed E-state index contributed by atoms with van der Waals surface area (Å²) in [6.07, 6.45) is 1.23. The summed E-state index contributed by atoms with van der Waals surface area (Å²) in [7, 11) is 0. The minimum absolute atomic E-state index is 0.0612. The van der Waals surface area contributed by atoms with E-state index in [1.807, 2.05) is 0 Å². The van der Waals surface area contributed by atoms with Gasteiger partial charge in [-0.3, -0.25) is 25.0 Å². The molecule has 10 nitrogen and oxygen atoms in total. The Labute approximate surface area is 163 Å². The third-order valence-electron chi connectivity index (χ3n) is 4.03. The van der Waals surface area contributed by atoms with Crippen molar-refractivity contribution in [2.45, 2.75) is 6.92 Å². The second kappa shape index (κ2) is 8.13. The number of para-hydroxylation sites is 1. The van der Waals surface area contributed by atoms with Crippen molar-refractivity contribution in [1.29, 1.82) is 0 Å². The molecule has 1 aromatic heterocycles. The van der Waals surface area contributed by atoms with E-state index < -0.39 is 15.8 Å².